The minimum absolute atomic E-state index is 0.638. The molecule has 0 saturated heterocycles. The molecule has 1 aliphatic rings. The van der Waals surface area contributed by atoms with Gasteiger partial charge in [0.05, 0.1) is 22.2 Å². The summed E-state index contributed by atoms with van der Waals surface area (Å²) in [6.45, 7) is 0.940. The van der Waals surface area contributed by atoms with E-state index in [0.717, 1.165) is 29.9 Å². The monoisotopic (exact) mass is 284 g/mol. The molecule has 20 heavy (non-hydrogen) atoms. The Kier molecular flexibility index (Phi) is 2.73. The predicted molar refractivity (Wildman–Crippen MR) is 81.9 cm³/mol. The molecular formula is C15H16N4S. The minimum Gasteiger partial charge on any atom is -0.399 e. The van der Waals surface area contributed by atoms with Crippen LogP contribution in [0.4, 0.5) is 5.69 Å². The van der Waals surface area contributed by atoms with E-state index in [2.05, 4.69) is 21.0 Å². The maximum absolute atomic E-state index is 5.87. The first-order chi connectivity index (χ1) is 9.81. The molecule has 5 heteroatoms. The summed E-state index contributed by atoms with van der Waals surface area (Å²) < 4.78 is 2.35. The first-order valence-corrected chi connectivity index (χ1v) is 7.88. The van der Waals surface area contributed by atoms with E-state index >= 15 is 0 Å². The standard InChI is InChI=1S/C15H16N4S/c16-11-3-4-14-13(7-11)18-15(10-1-2-10)19(14)6-5-12-8-20-9-17-12/h3-4,7-10H,1-2,5-6,16H2. The van der Waals surface area contributed by atoms with Crippen LogP contribution in [0.2, 0.25) is 0 Å². The summed E-state index contributed by atoms with van der Waals surface area (Å²) >= 11 is 1.65. The van der Waals surface area contributed by atoms with Crippen LogP contribution in [-0.2, 0) is 13.0 Å². The second-order valence-electron chi connectivity index (χ2n) is 5.37. The largest absolute Gasteiger partial charge is 0.399 e. The molecule has 4 rings (SSSR count). The first kappa shape index (κ1) is 11.9. The average Bonchev–Trinajstić information content (AvgIpc) is 3.03. The van der Waals surface area contributed by atoms with Crippen LogP contribution < -0.4 is 5.73 Å². The highest BCUT2D eigenvalue weighted by Crippen LogP contribution is 2.40. The molecule has 0 amide bonds. The third-order valence-electron chi connectivity index (χ3n) is 3.82. The van der Waals surface area contributed by atoms with Crippen LogP contribution in [0.1, 0.15) is 30.3 Å². The molecule has 0 radical (unpaired) electrons. The Labute approximate surface area is 121 Å². The number of anilines is 1. The minimum atomic E-state index is 0.638. The van der Waals surface area contributed by atoms with E-state index in [1.165, 1.54) is 24.2 Å². The van der Waals surface area contributed by atoms with Gasteiger partial charge in [-0.05, 0) is 31.0 Å². The number of aromatic nitrogens is 3. The van der Waals surface area contributed by atoms with E-state index in [-0.39, 0.29) is 0 Å². The Bertz CT molecular complexity index is 741. The fourth-order valence-corrected chi connectivity index (χ4v) is 3.23. The average molecular weight is 284 g/mol. The zero-order valence-corrected chi connectivity index (χ0v) is 11.9. The fraction of sp³-hybridized carbons (Fsp3) is 0.333. The number of fused-ring (bicyclic) bond motifs is 1. The highest BCUT2D eigenvalue weighted by Gasteiger charge is 2.29. The Morgan fingerprint density at radius 3 is 3.00 bits per heavy atom. The lowest BCUT2D eigenvalue weighted by molar-refractivity contribution is 0.664. The summed E-state index contributed by atoms with van der Waals surface area (Å²) in [5, 5.41) is 2.12. The molecule has 0 aliphatic heterocycles. The highest BCUT2D eigenvalue weighted by atomic mass is 32.1. The molecule has 0 spiro atoms. The van der Waals surface area contributed by atoms with Crippen molar-refractivity contribution < 1.29 is 0 Å². The van der Waals surface area contributed by atoms with Crippen molar-refractivity contribution in [3.05, 3.63) is 40.6 Å². The SMILES string of the molecule is Nc1ccc2c(c1)nc(C1CC1)n2CCc1cscn1. The molecule has 1 aromatic carbocycles. The summed E-state index contributed by atoms with van der Waals surface area (Å²) in [7, 11) is 0. The second-order valence-corrected chi connectivity index (χ2v) is 6.09. The van der Waals surface area contributed by atoms with E-state index in [0.29, 0.717) is 5.92 Å². The van der Waals surface area contributed by atoms with Gasteiger partial charge in [0.15, 0.2) is 0 Å². The van der Waals surface area contributed by atoms with Gasteiger partial charge in [0, 0.05) is 30.0 Å². The van der Waals surface area contributed by atoms with E-state index in [9.17, 15) is 0 Å². The van der Waals surface area contributed by atoms with Crippen molar-refractivity contribution in [3.8, 4) is 0 Å². The predicted octanol–water partition coefficient (Wildman–Crippen LogP) is 3.20. The summed E-state index contributed by atoms with van der Waals surface area (Å²) in [5.41, 5.74) is 11.9. The molecule has 1 aliphatic carbocycles. The lowest BCUT2D eigenvalue weighted by atomic mass is 10.2. The topological polar surface area (TPSA) is 56.7 Å². The highest BCUT2D eigenvalue weighted by molar-refractivity contribution is 7.07. The van der Waals surface area contributed by atoms with Gasteiger partial charge in [0.25, 0.3) is 0 Å². The van der Waals surface area contributed by atoms with Gasteiger partial charge in [0.1, 0.15) is 5.82 Å². The summed E-state index contributed by atoms with van der Waals surface area (Å²) in [5.74, 6) is 1.86. The van der Waals surface area contributed by atoms with Gasteiger partial charge in [-0.25, -0.2) is 9.97 Å². The number of aryl methyl sites for hydroxylation is 2. The Balaban J connectivity index is 1.73. The molecule has 3 aromatic rings. The van der Waals surface area contributed by atoms with Crippen LogP contribution in [0.3, 0.4) is 0 Å². The molecule has 2 heterocycles. The Morgan fingerprint density at radius 2 is 2.25 bits per heavy atom. The van der Waals surface area contributed by atoms with Crippen molar-refractivity contribution in [2.45, 2.75) is 31.7 Å². The number of hydrogen-bond acceptors (Lipinski definition) is 4. The molecule has 4 nitrogen and oxygen atoms in total. The second kappa shape index (κ2) is 4.59. The number of thiazole rings is 1. The van der Waals surface area contributed by atoms with Crippen molar-refractivity contribution in [3.63, 3.8) is 0 Å². The molecule has 102 valence electrons. The summed E-state index contributed by atoms with van der Waals surface area (Å²) in [6, 6.07) is 6.02. The molecule has 2 aromatic heterocycles. The third kappa shape index (κ3) is 2.08. The van der Waals surface area contributed by atoms with Gasteiger partial charge >= 0.3 is 0 Å². The number of imidazole rings is 1. The van der Waals surface area contributed by atoms with E-state index in [4.69, 9.17) is 10.7 Å². The zero-order valence-electron chi connectivity index (χ0n) is 11.1. The van der Waals surface area contributed by atoms with Gasteiger partial charge in [-0.1, -0.05) is 0 Å². The van der Waals surface area contributed by atoms with Gasteiger partial charge in [0.2, 0.25) is 0 Å². The molecular weight excluding hydrogens is 268 g/mol. The molecule has 1 saturated carbocycles. The van der Waals surface area contributed by atoms with Gasteiger partial charge in [-0.3, -0.25) is 0 Å². The van der Waals surface area contributed by atoms with Gasteiger partial charge in [-0.15, -0.1) is 11.3 Å². The smallest absolute Gasteiger partial charge is 0.113 e. The molecule has 0 unspecified atom stereocenters. The Morgan fingerprint density at radius 1 is 1.35 bits per heavy atom. The maximum Gasteiger partial charge on any atom is 0.113 e. The lowest BCUT2D eigenvalue weighted by Gasteiger charge is -2.07. The van der Waals surface area contributed by atoms with E-state index in [1.54, 1.807) is 11.3 Å². The lowest BCUT2D eigenvalue weighted by Crippen LogP contribution is -2.05. The van der Waals surface area contributed by atoms with Crippen molar-refractivity contribution in [2.75, 3.05) is 5.73 Å². The van der Waals surface area contributed by atoms with Crippen LogP contribution in [0, 0.1) is 0 Å². The summed E-state index contributed by atoms with van der Waals surface area (Å²) in [4.78, 5) is 9.17. The quantitative estimate of drug-likeness (QED) is 0.748. The fourth-order valence-electron chi connectivity index (χ4n) is 2.64. The number of nitrogens with two attached hydrogens (primary N) is 1. The van der Waals surface area contributed by atoms with Gasteiger partial charge < -0.3 is 10.3 Å². The third-order valence-corrected chi connectivity index (χ3v) is 4.45. The molecule has 0 atom stereocenters. The number of rotatable bonds is 4. The Hall–Kier alpha value is -1.88. The first-order valence-electron chi connectivity index (χ1n) is 6.94. The maximum atomic E-state index is 5.87. The van der Waals surface area contributed by atoms with Gasteiger partial charge in [-0.2, -0.15) is 0 Å². The van der Waals surface area contributed by atoms with Crippen molar-refractivity contribution in [2.24, 2.45) is 0 Å². The molecule has 0 bridgehead atoms. The molecule has 1 fully saturated rings. The van der Waals surface area contributed by atoms with Crippen LogP contribution in [0.5, 0.6) is 0 Å². The summed E-state index contributed by atoms with van der Waals surface area (Å²) in [6.07, 6.45) is 3.48. The van der Waals surface area contributed by atoms with Crippen LogP contribution >= 0.6 is 11.3 Å². The van der Waals surface area contributed by atoms with Crippen LogP contribution in [0.15, 0.2) is 29.1 Å². The van der Waals surface area contributed by atoms with Crippen molar-refractivity contribution in [1.29, 1.82) is 0 Å². The van der Waals surface area contributed by atoms with Crippen molar-refractivity contribution in [1.82, 2.24) is 14.5 Å². The number of nitrogens with zero attached hydrogens (tertiary/aromatic N) is 3. The zero-order chi connectivity index (χ0) is 13.5. The number of nitrogen functional groups attached to an aromatic ring is 1. The van der Waals surface area contributed by atoms with Crippen LogP contribution in [-0.4, -0.2) is 14.5 Å². The van der Waals surface area contributed by atoms with E-state index in [1.807, 2.05) is 17.6 Å². The van der Waals surface area contributed by atoms with Crippen molar-refractivity contribution >= 4 is 28.1 Å². The number of benzene rings is 1. The van der Waals surface area contributed by atoms with Crippen LogP contribution in [0.25, 0.3) is 11.0 Å². The number of hydrogen-bond donors (Lipinski definition) is 1. The molecule has 2 N–H and O–H groups in total. The normalized spacial score (nSPS) is 15.0. The van der Waals surface area contributed by atoms with E-state index < -0.39 is 0 Å².